The smallest absolute Gasteiger partial charge is 0.257 e. The fourth-order valence-electron chi connectivity index (χ4n) is 3.55. The minimum absolute atomic E-state index is 0.0326. The van der Waals surface area contributed by atoms with E-state index in [2.05, 4.69) is 26.1 Å². The molecular weight excluding hydrogens is 444 g/mol. The Morgan fingerprint density at radius 3 is 1.82 bits per heavy atom. The van der Waals surface area contributed by atoms with Gasteiger partial charge in [-0.3, -0.25) is 10.1 Å². The van der Waals surface area contributed by atoms with E-state index >= 15 is 0 Å². The second-order valence-electron chi connectivity index (χ2n) is 8.94. The molecule has 0 atom stereocenters. The molecule has 4 rings (SSSR count). The lowest BCUT2D eigenvalue weighted by molar-refractivity contribution is 0.102. The van der Waals surface area contributed by atoms with Crippen molar-refractivity contribution < 1.29 is 14.3 Å². The van der Waals surface area contributed by atoms with E-state index in [1.807, 2.05) is 72.8 Å². The number of amides is 1. The summed E-state index contributed by atoms with van der Waals surface area (Å²) in [6.07, 6.45) is 0. The Morgan fingerprint density at radius 1 is 0.794 bits per heavy atom. The number of carbonyl (C=O) groups is 1. The lowest BCUT2D eigenvalue weighted by Crippen LogP contribution is -2.14. The van der Waals surface area contributed by atoms with Gasteiger partial charge in [0.05, 0.1) is 24.8 Å². The van der Waals surface area contributed by atoms with Crippen LogP contribution in [-0.2, 0) is 5.41 Å². The zero-order chi connectivity index (χ0) is 24.3. The Balaban J connectivity index is 1.67. The molecule has 0 fully saturated rings. The number of rotatable bonds is 6. The van der Waals surface area contributed by atoms with Crippen LogP contribution in [0.1, 0.15) is 36.7 Å². The normalized spacial score (nSPS) is 11.2. The summed E-state index contributed by atoms with van der Waals surface area (Å²) in [4.78, 5) is 18.7. The summed E-state index contributed by atoms with van der Waals surface area (Å²) < 4.78 is 10.6. The number of ether oxygens (including phenoxy) is 2. The number of anilines is 1. The highest BCUT2D eigenvalue weighted by Crippen LogP contribution is 2.40. The van der Waals surface area contributed by atoms with E-state index in [0.29, 0.717) is 10.7 Å². The van der Waals surface area contributed by atoms with Crippen molar-refractivity contribution in [1.82, 2.24) is 4.98 Å². The van der Waals surface area contributed by atoms with Gasteiger partial charge in [-0.15, -0.1) is 0 Å². The van der Waals surface area contributed by atoms with E-state index in [9.17, 15) is 4.79 Å². The van der Waals surface area contributed by atoms with E-state index in [0.717, 1.165) is 33.2 Å². The van der Waals surface area contributed by atoms with Crippen LogP contribution in [0, 0.1) is 0 Å². The van der Waals surface area contributed by atoms with Crippen molar-refractivity contribution in [1.29, 1.82) is 0 Å². The number of hydrogen-bond donors (Lipinski definition) is 1. The molecule has 1 aromatic heterocycles. The molecule has 174 valence electrons. The number of benzene rings is 3. The van der Waals surface area contributed by atoms with Crippen molar-refractivity contribution in [2.75, 3.05) is 19.5 Å². The van der Waals surface area contributed by atoms with E-state index in [4.69, 9.17) is 14.5 Å². The molecule has 0 radical (unpaired) electrons. The zero-order valence-corrected chi connectivity index (χ0v) is 20.8. The van der Waals surface area contributed by atoms with Crippen LogP contribution in [0.4, 0.5) is 5.13 Å². The Bertz CT molecular complexity index is 1200. The summed E-state index contributed by atoms with van der Waals surface area (Å²) in [5, 5.41) is 3.52. The van der Waals surface area contributed by atoms with Crippen LogP contribution in [0.3, 0.4) is 0 Å². The second kappa shape index (κ2) is 9.69. The third-order valence-corrected chi connectivity index (χ3v) is 6.60. The molecule has 0 unspecified atom stereocenters. The Labute approximate surface area is 204 Å². The van der Waals surface area contributed by atoms with Gasteiger partial charge in [-0.25, -0.2) is 4.98 Å². The van der Waals surface area contributed by atoms with Gasteiger partial charge in [0.2, 0.25) is 0 Å². The Hall–Kier alpha value is -3.64. The molecule has 0 aliphatic carbocycles. The Kier molecular flexibility index (Phi) is 6.70. The van der Waals surface area contributed by atoms with Crippen LogP contribution in [0.15, 0.2) is 72.8 Å². The molecule has 0 saturated heterocycles. The number of hydrogen-bond acceptors (Lipinski definition) is 5. The predicted octanol–water partition coefficient (Wildman–Crippen LogP) is 7.04. The third-order valence-electron chi connectivity index (χ3n) is 5.58. The molecule has 34 heavy (non-hydrogen) atoms. The average molecular weight is 473 g/mol. The summed E-state index contributed by atoms with van der Waals surface area (Å²) in [5.74, 6) is 1.38. The van der Waals surface area contributed by atoms with Gasteiger partial charge in [-0.2, -0.15) is 0 Å². The van der Waals surface area contributed by atoms with Gasteiger partial charge in [0.15, 0.2) is 5.13 Å². The monoisotopic (exact) mass is 472 g/mol. The van der Waals surface area contributed by atoms with E-state index in [1.165, 1.54) is 16.9 Å². The second-order valence-corrected chi connectivity index (χ2v) is 9.93. The molecule has 6 heteroatoms. The number of carbonyl (C=O) groups excluding carboxylic acids is 1. The topological polar surface area (TPSA) is 60.5 Å². The molecule has 3 aromatic carbocycles. The van der Waals surface area contributed by atoms with Crippen molar-refractivity contribution in [2.24, 2.45) is 0 Å². The molecular formula is C28H28N2O3S. The van der Waals surface area contributed by atoms with Gasteiger partial charge >= 0.3 is 0 Å². The molecule has 5 nitrogen and oxygen atoms in total. The van der Waals surface area contributed by atoms with Gasteiger partial charge in [0.1, 0.15) is 11.5 Å². The number of nitrogens with one attached hydrogen (secondary N) is 1. The van der Waals surface area contributed by atoms with E-state index in [-0.39, 0.29) is 11.3 Å². The molecule has 1 amide bonds. The van der Waals surface area contributed by atoms with Gasteiger partial charge < -0.3 is 9.47 Å². The minimum atomic E-state index is -0.184. The maximum atomic E-state index is 13.0. The first-order chi connectivity index (χ1) is 16.3. The van der Waals surface area contributed by atoms with Crippen LogP contribution >= 0.6 is 11.3 Å². The molecule has 1 heterocycles. The summed E-state index contributed by atoms with van der Waals surface area (Å²) in [5.41, 5.74) is 4.56. The van der Waals surface area contributed by atoms with Crippen molar-refractivity contribution in [3.63, 3.8) is 0 Å². The largest absolute Gasteiger partial charge is 0.497 e. The van der Waals surface area contributed by atoms with Crippen LogP contribution in [0.2, 0.25) is 0 Å². The highest BCUT2D eigenvalue weighted by atomic mass is 32.1. The molecule has 0 aliphatic rings. The SMILES string of the molecule is COc1ccc(-c2nc(NC(=O)c3ccc(C(C)(C)C)cc3)sc2-c2ccc(OC)cc2)cc1. The molecule has 0 aliphatic heterocycles. The molecule has 0 saturated carbocycles. The van der Waals surface area contributed by atoms with E-state index in [1.54, 1.807) is 14.2 Å². The molecule has 4 aromatic rings. The summed E-state index contributed by atoms with van der Waals surface area (Å²) in [7, 11) is 3.29. The summed E-state index contributed by atoms with van der Waals surface area (Å²) in [6, 6.07) is 23.3. The quantitative estimate of drug-likeness (QED) is 0.327. The predicted molar refractivity (Wildman–Crippen MR) is 139 cm³/mol. The Morgan fingerprint density at radius 2 is 1.32 bits per heavy atom. The standard InChI is InChI=1S/C28H28N2O3S/c1-28(2,3)21-12-6-20(7-13-21)26(31)30-27-29-24(18-8-14-22(32-4)15-9-18)25(34-27)19-10-16-23(33-5)17-11-19/h6-17H,1-5H3,(H,29,30,31). The van der Waals surface area contributed by atoms with Crippen LogP contribution in [0.5, 0.6) is 11.5 Å². The highest BCUT2D eigenvalue weighted by molar-refractivity contribution is 7.19. The first-order valence-corrected chi connectivity index (χ1v) is 11.8. The highest BCUT2D eigenvalue weighted by Gasteiger charge is 2.18. The lowest BCUT2D eigenvalue weighted by atomic mass is 9.87. The first kappa shape index (κ1) is 23.5. The summed E-state index contributed by atoms with van der Waals surface area (Å²) in [6.45, 7) is 6.46. The van der Waals surface area contributed by atoms with Crippen molar-refractivity contribution in [3.8, 4) is 33.2 Å². The van der Waals surface area contributed by atoms with E-state index < -0.39 is 0 Å². The first-order valence-electron chi connectivity index (χ1n) is 11.0. The number of methoxy groups -OCH3 is 2. The minimum Gasteiger partial charge on any atom is -0.497 e. The number of nitrogens with zero attached hydrogens (tertiary/aromatic N) is 1. The van der Waals surface area contributed by atoms with Gasteiger partial charge in [0, 0.05) is 11.1 Å². The van der Waals surface area contributed by atoms with Crippen molar-refractivity contribution >= 4 is 22.4 Å². The maximum absolute atomic E-state index is 13.0. The van der Waals surface area contributed by atoms with Crippen LogP contribution in [0.25, 0.3) is 21.7 Å². The van der Waals surface area contributed by atoms with Crippen LogP contribution < -0.4 is 14.8 Å². The number of thiazole rings is 1. The zero-order valence-electron chi connectivity index (χ0n) is 20.0. The summed E-state index contributed by atoms with van der Waals surface area (Å²) >= 11 is 1.45. The molecule has 1 N–H and O–H groups in total. The molecule has 0 spiro atoms. The fourth-order valence-corrected chi connectivity index (χ4v) is 4.54. The van der Waals surface area contributed by atoms with Crippen molar-refractivity contribution in [3.05, 3.63) is 83.9 Å². The van der Waals surface area contributed by atoms with Crippen LogP contribution in [-0.4, -0.2) is 25.1 Å². The fraction of sp³-hybridized carbons (Fsp3) is 0.214. The third kappa shape index (κ3) is 5.13. The van der Waals surface area contributed by atoms with Gasteiger partial charge in [0.25, 0.3) is 5.91 Å². The van der Waals surface area contributed by atoms with Crippen molar-refractivity contribution in [2.45, 2.75) is 26.2 Å². The molecule has 0 bridgehead atoms. The van der Waals surface area contributed by atoms with Gasteiger partial charge in [-0.1, -0.05) is 44.2 Å². The number of aromatic nitrogens is 1. The lowest BCUT2D eigenvalue weighted by Gasteiger charge is -2.18. The average Bonchev–Trinajstić information content (AvgIpc) is 3.27. The maximum Gasteiger partial charge on any atom is 0.257 e. The van der Waals surface area contributed by atoms with Gasteiger partial charge in [-0.05, 0) is 77.2 Å².